The third kappa shape index (κ3) is 3.90. The van der Waals surface area contributed by atoms with Gasteiger partial charge in [0.15, 0.2) is 0 Å². The molecular formula is C27H19ClN4O. The predicted molar refractivity (Wildman–Crippen MR) is 134 cm³/mol. The first kappa shape index (κ1) is 20.7. The topological polar surface area (TPSA) is 72.1 Å². The van der Waals surface area contributed by atoms with Crippen LogP contribution in [0.4, 0.5) is 16.2 Å². The van der Waals surface area contributed by atoms with Gasteiger partial charge in [-0.1, -0.05) is 84.4 Å². The lowest BCUT2D eigenvalue weighted by Gasteiger charge is -2.22. The molecule has 0 spiro atoms. The molecule has 0 radical (unpaired) electrons. The summed E-state index contributed by atoms with van der Waals surface area (Å²) in [6.07, 6.45) is 0. The molecule has 5 aromatic rings. The maximum Gasteiger partial charge on any atom is 0.323 e. The van der Waals surface area contributed by atoms with Gasteiger partial charge in [-0.2, -0.15) is 0 Å². The van der Waals surface area contributed by atoms with E-state index in [0.29, 0.717) is 21.9 Å². The van der Waals surface area contributed by atoms with Gasteiger partial charge < -0.3 is 5.73 Å². The van der Waals surface area contributed by atoms with Crippen LogP contribution in [0.15, 0.2) is 103 Å². The summed E-state index contributed by atoms with van der Waals surface area (Å²) in [5.74, 6) is 0. The van der Waals surface area contributed by atoms with E-state index in [2.05, 4.69) is 10.2 Å². The van der Waals surface area contributed by atoms with Crippen LogP contribution in [0, 0.1) is 0 Å². The van der Waals surface area contributed by atoms with Crippen molar-refractivity contribution >= 4 is 39.9 Å². The van der Waals surface area contributed by atoms with Gasteiger partial charge in [0.05, 0.1) is 16.4 Å². The highest BCUT2D eigenvalue weighted by Crippen LogP contribution is 2.39. The maximum atomic E-state index is 12.4. The predicted octanol–water partition coefficient (Wildman–Crippen LogP) is 6.83. The molecule has 0 bridgehead atoms. The quantitative estimate of drug-likeness (QED) is 0.326. The Morgan fingerprint density at radius 1 is 0.727 bits per heavy atom. The molecule has 5 rings (SSSR count). The zero-order valence-electron chi connectivity index (χ0n) is 17.5. The van der Waals surface area contributed by atoms with Gasteiger partial charge in [0.2, 0.25) is 0 Å². The Hall–Kier alpha value is -4.22. The van der Waals surface area contributed by atoms with Crippen molar-refractivity contribution in [1.82, 2.24) is 10.2 Å². The largest absolute Gasteiger partial charge is 0.351 e. The molecule has 0 unspecified atom stereocenters. The smallest absolute Gasteiger partial charge is 0.323 e. The second kappa shape index (κ2) is 8.73. The standard InChI is InChI=1S/C27H19ClN4O/c28-23-16-8-15-22-24(25(30-31-26(22)23)18-9-3-1-4-10-18)19-11-7-14-21(17-19)32(27(29)33)20-12-5-2-6-13-20/h1-17H,(H2,29,33). The minimum atomic E-state index is -0.567. The van der Waals surface area contributed by atoms with E-state index >= 15 is 0 Å². The molecule has 4 aromatic carbocycles. The van der Waals surface area contributed by atoms with Crippen molar-refractivity contribution in [2.45, 2.75) is 0 Å². The van der Waals surface area contributed by atoms with Crippen molar-refractivity contribution in [3.05, 3.63) is 108 Å². The highest BCUT2D eigenvalue weighted by atomic mass is 35.5. The highest BCUT2D eigenvalue weighted by Gasteiger charge is 2.19. The number of carbonyl (C=O) groups is 1. The molecule has 5 nitrogen and oxygen atoms in total. The Morgan fingerprint density at radius 3 is 2.09 bits per heavy atom. The van der Waals surface area contributed by atoms with E-state index in [1.165, 1.54) is 4.90 Å². The Kier molecular flexibility index (Phi) is 5.47. The van der Waals surface area contributed by atoms with Crippen LogP contribution in [0.2, 0.25) is 5.02 Å². The Balaban J connectivity index is 1.76. The van der Waals surface area contributed by atoms with Crippen LogP contribution in [0.3, 0.4) is 0 Å². The number of urea groups is 1. The number of halogens is 1. The number of nitrogens with zero attached hydrogens (tertiary/aromatic N) is 3. The third-order valence-corrected chi connectivity index (χ3v) is 5.72. The number of hydrogen-bond acceptors (Lipinski definition) is 3. The average molecular weight is 451 g/mol. The molecule has 0 aliphatic heterocycles. The second-order valence-electron chi connectivity index (χ2n) is 7.49. The number of hydrogen-bond donors (Lipinski definition) is 1. The van der Waals surface area contributed by atoms with Gasteiger partial charge in [-0.25, -0.2) is 4.79 Å². The van der Waals surface area contributed by atoms with E-state index in [-0.39, 0.29) is 0 Å². The summed E-state index contributed by atoms with van der Waals surface area (Å²) in [7, 11) is 0. The molecule has 6 heteroatoms. The van der Waals surface area contributed by atoms with Crippen molar-refractivity contribution in [2.24, 2.45) is 5.73 Å². The summed E-state index contributed by atoms with van der Waals surface area (Å²) in [6, 6.07) is 32.0. The molecule has 0 saturated heterocycles. The fourth-order valence-corrected chi connectivity index (χ4v) is 4.18. The van der Waals surface area contributed by atoms with Gasteiger partial charge in [-0.3, -0.25) is 4.90 Å². The summed E-state index contributed by atoms with van der Waals surface area (Å²) in [5.41, 5.74) is 11.1. The Bertz CT molecular complexity index is 1460. The van der Waals surface area contributed by atoms with Crippen LogP contribution in [0.5, 0.6) is 0 Å². The first-order chi connectivity index (χ1) is 16.1. The normalized spacial score (nSPS) is 10.8. The summed E-state index contributed by atoms with van der Waals surface area (Å²) in [5, 5.41) is 10.4. The van der Waals surface area contributed by atoms with Gasteiger partial charge in [0, 0.05) is 16.5 Å². The summed E-state index contributed by atoms with van der Waals surface area (Å²) >= 11 is 6.45. The van der Waals surface area contributed by atoms with Crippen LogP contribution >= 0.6 is 11.6 Å². The van der Waals surface area contributed by atoms with E-state index in [0.717, 1.165) is 27.8 Å². The molecule has 0 saturated carbocycles. The average Bonchev–Trinajstić information content (AvgIpc) is 2.85. The maximum absolute atomic E-state index is 12.4. The number of rotatable bonds is 4. The molecule has 1 aromatic heterocycles. The molecule has 33 heavy (non-hydrogen) atoms. The van der Waals surface area contributed by atoms with Crippen molar-refractivity contribution in [3.63, 3.8) is 0 Å². The van der Waals surface area contributed by atoms with Gasteiger partial charge in [0.25, 0.3) is 0 Å². The number of aromatic nitrogens is 2. The number of primary amides is 1. The molecule has 0 aliphatic rings. The molecule has 0 atom stereocenters. The van der Waals surface area contributed by atoms with Gasteiger partial charge in [0.1, 0.15) is 11.2 Å². The second-order valence-corrected chi connectivity index (χ2v) is 7.89. The van der Waals surface area contributed by atoms with Crippen molar-refractivity contribution in [1.29, 1.82) is 0 Å². The van der Waals surface area contributed by atoms with Crippen molar-refractivity contribution in [2.75, 3.05) is 4.90 Å². The minimum absolute atomic E-state index is 0.528. The van der Waals surface area contributed by atoms with Crippen LogP contribution in [-0.2, 0) is 0 Å². The number of para-hydroxylation sites is 1. The first-order valence-electron chi connectivity index (χ1n) is 10.4. The minimum Gasteiger partial charge on any atom is -0.351 e. The lowest BCUT2D eigenvalue weighted by molar-refractivity contribution is 0.256. The molecule has 2 amide bonds. The first-order valence-corrected chi connectivity index (χ1v) is 10.8. The SMILES string of the molecule is NC(=O)N(c1ccccc1)c1cccc(-c2c(-c3ccccc3)nnc3c(Cl)cccc23)c1. The van der Waals surface area contributed by atoms with Crippen LogP contribution < -0.4 is 10.6 Å². The van der Waals surface area contributed by atoms with Crippen molar-refractivity contribution < 1.29 is 4.79 Å². The van der Waals surface area contributed by atoms with E-state index in [1.54, 1.807) is 6.07 Å². The summed E-state index contributed by atoms with van der Waals surface area (Å²) < 4.78 is 0. The van der Waals surface area contributed by atoms with E-state index < -0.39 is 6.03 Å². The molecular weight excluding hydrogens is 432 g/mol. The number of benzene rings is 4. The van der Waals surface area contributed by atoms with E-state index in [4.69, 9.17) is 17.3 Å². The molecule has 160 valence electrons. The Labute approximate surface area is 196 Å². The molecule has 0 aliphatic carbocycles. The Morgan fingerprint density at radius 2 is 1.36 bits per heavy atom. The third-order valence-electron chi connectivity index (χ3n) is 5.42. The van der Waals surface area contributed by atoms with Crippen molar-refractivity contribution in [3.8, 4) is 22.4 Å². The summed E-state index contributed by atoms with van der Waals surface area (Å²) in [6.45, 7) is 0. The number of nitrogens with two attached hydrogens (primary N) is 1. The number of anilines is 2. The highest BCUT2D eigenvalue weighted by molar-refractivity contribution is 6.35. The van der Waals surface area contributed by atoms with Crippen LogP contribution in [0.1, 0.15) is 0 Å². The van der Waals surface area contributed by atoms with Gasteiger partial charge in [-0.05, 0) is 35.9 Å². The summed E-state index contributed by atoms with van der Waals surface area (Å²) in [4.78, 5) is 13.9. The molecule has 0 fully saturated rings. The number of carbonyl (C=O) groups excluding carboxylic acids is 1. The zero-order chi connectivity index (χ0) is 22.8. The molecule has 2 N–H and O–H groups in total. The van der Waals surface area contributed by atoms with Crippen LogP contribution in [-0.4, -0.2) is 16.2 Å². The lowest BCUT2D eigenvalue weighted by atomic mass is 9.95. The van der Waals surface area contributed by atoms with Gasteiger partial charge in [-0.15, -0.1) is 10.2 Å². The fourth-order valence-electron chi connectivity index (χ4n) is 3.97. The number of amides is 2. The number of fused-ring (bicyclic) bond motifs is 1. The van der Waals surface area contributed by atoms with Gasteiger partial charge >= 0.3 is 6.03 Å². The monoisotopic (exact) mass is 450 g/mol. The molecule has 1 heterocycles. The van der Waals surface area contributed by atoms with E-state index in [9.17, 15) is 4.79 Å². The van der Waals surface area contributed by atoms with Crippen LogP contribution in [0.25, 0.3) is 33.3 Å². The lowest BCUT2D eigenvalue weighted by Crippen LogP contribution is -2.31. The van der Waals surface area contributed by atoms with E-state index in [1.807, 2.05) is 97.1 Å². The zero-order valence-corrected chi connectivity index (χ0v) is 18.3. The fraction of sp³-hybridized carbons (Fsp3) is 0.